The largest absolute Gasteiger partial charge is 0.445 e. The zero-order valence-electron chi connectivity index (χ0n) is 34.7. The third-order valence-corrected chi connectivity index (χ3v) is 8.88. The molecule has 2 rings (SSSR count). The standard InChI is InChI=1S/C39H60N8O12/c1-25(2)33(45-30(48)15-18-56-20-22-58-23-21-57-19-17-47-31(49)13-14-32(47)50)36(52)44-29(8-7-16-42-38(40)54)35(51)43-28-11-9-27(10-12-28)24-59-39(55)46(6)34(26(3)4)37(53)41-5/h9-14,25-26,29,33-34H,7-8,15-24H2,1-6H3,(H,41,53)(H,43,51)(H,44,52)(H,45,48)(H3,40,42,54)/t29-,33-,34-/m0/s1. The highest BCUT2D eigenvalue weighted by Gasteiger charge is 2.31. The van der Waals surface area contributed by atoms with Crippen molar-refractivity contribution in [2.45, 2.75) is 71.7 Å². The van der Waals surface area contributed by atoms with Gasteiger partial charge in [-0.2, -0.15) is 0 Å². The van der Waals surface area contributed by atoms with Crippen LogP contribution >= 0.6 is 0 Å². The molecule has 1 aromatic rings. The number of rotatable bonds is 27. The minimum atomic E-state index is -1.05. The van der Waals surface area contributed by atoms with Crippen LogP contribution in [0, 0.1) is 11.8 Å². The molecule has 7 N–H and O–H groups in total. The van der Waals surface area contributed by atoms with Gasteiger partial charge >= 0.3 is 12.1 Å². The van der Waals surface area contributed by atoms with Crippen molar-refractivity contribution < 1.29 is 57.3 Å². The minimum absolute atomic E-state index is 0.0362. The minimum Gasteiger partial charge on any atom is -0.445 e. The van der Waals surface area contributed by atoms with E-state index in [9.17, 15) is 38.4 Å². The van der Waals surface area contributed by atoms with Gasteiger partial charge in [-0.3, -0.25) is 38.6 Å². The van der Waals surface area contributed by atoms with Crippen molar-refractivity contribution >= 4 is 53.3 Å². The summed E-state index contributed by atoms with van der Waals surface area (Å²) in [4.78, 5) is 101. The van der Waals surface area contributed by atoms with Crippen molar-refractivity contribution in [1.29, 1.82) is 0 Å². The first-order chi connectivity index (χ1) is 28.0. The Morgan fingerprint density at radius 2 is 1.37 bits per heavy atom. The molecule has 59 heavy (non-hydrogen) atoms. The smallest absolute Gasteiger partial charge is 0.410 e. The average Bonchev–Trinajstić information content (AvgIpc) is 3.51. The molecular formula is C39H60N8O12. The number of nitrogens with two attached hydrogens (primary N) is 1. The van der Waals surface area contributed by atoms with Crippen molar-refractivity contribution in [2.75, 3.05) is 72.1 Å². The van der Waals surface area contributed by atoms with Gasteiger partial charge in [-0.05, 0) is 42.4 Å². The molecule has 0 saturated heterocycles. The SMILES string of the molecule is CNC(=O)[C@H](C(C)C)N(C)C(=O)OCc1ccc(NC(=O)[C@H](CCCNC(N)=O)NC(=O)[C@@H](NC(=O)CCOCCOCCOCCN2C(=O)C=CC2=O)C(C)C)cc1. The topological polar surface area (TPSA) is 266 Å². The molecule has 20 heteroatoms. The number of carbonyl (C=O) groups is 8. The molecule has 0 aromatic heterocycles. The molecule has 0 fully saturated rings. The monoisotopic (exact) mass is 832 g/mol. The molecule has 1 aromatic carbocycles. The first kappa shape index (κ1) is 49.5. The van der Waals surface area contributed by atoms with Gasteiger partial charge in [0.2, 0.25) is 23.6 Å². The Balaban J connectivity index is 1.84. The van der Waals surface area contributed by atoms with Crippen LogP contribution in [0.15, 0.2) is 36.4 Å². The number of benzene rings is 1. The lowest BCUT2D eigenvalue weighted by Crippen LogP contribution is -2.54. The van der Waals surface area contributed by atoms with Crippen molar-refractivity contribution in [3.8, 4) is 0 Å². The van der Waals surface area contributed by atoms with E-state index in [-0.39, 0.29) is 102 Å². The second-order valence-electron chi connectivity index (χ2n) is 14.2. The first-order valence-corrected chi connectivity index (χ1v) is 19.5. The molecule has 1 aliphatic heterocycles. The number of hydrogen-bond acceptors (Lipinski definition) is 12. The molecular weight excluding hydrogens is 772 g/mol. The predicted octanol–water partition coefficient (Wildman–Crippen LogP) is 0.403. The van der Waals surface area contributed by atoms with Gasteiger partial charge < -0.3 is 51.3 Å². The number of hydrogen-bond donors (Lipinski definition) is 6. The summed E-state index contributed by atoms with van der Waals surface area (Å²) in [6, 6.07) is 3.03. The number of amides is 9. The van der Waals surface area contributed by atoms with E-state index in [2.05, 4.69) is 26.6 Å². The van der Waals surface area contributed by atoms with Crippen molar-refractivity contribution in [2.24, 2.45) is 17.6 Å². The van der Waals surface area contributed by atoms with E-state index >= 15 is 0 Å². The summed E-state index contributed by atoms with van der Waals surface area (Å²) in [6.07, 6.45) is 2.14. The fraction of sp³-hybridized carbons (Fsp3) is 0.590. The summed E-state index contributed by atoms with van der Waals surface area (Å²) in [5, 5.41) is 13.2. The van der Waals surface area contributed by atoms with Crippen LogP contribution in [0.2, 0.25) is 0 Å². The summed E-state index contributed by atoms with van der Waals surface area (Å²) in [5.74, 6) is -3.10. The van der Waals surface area contributed by atoms with Crippen molar-refractivity contribution in [3.05, 3.63) is 42.0 Å². The lowest BCUT2D eigenvalue weighted by molar-refractivity contribution is -0.138. The molecule has 0 bridgehead atoms. The quantitative estimate of drug-likeness (QED) is 0.0520. The van der Waals surface area contributed by atoms with Gasteiger partial charge in [0.15, 0.2) is 0 Å². The van der Waals surface area contributed by atoms with Gasteiger partial charge in [-0.15, -0.1) is 0 Å². The van der Waals surface area contributed by atoms with Crippen LogP contribution in [-0.2, 0) is 54.3 Å². The van der Waals surface area contributed by atoms with Gasteiger partial charge in [0.25, 0.3) is 11.8 Å². The summed E-state index contributed by atoms with van der Waals surface area (Å²) < 4.78 is 21.7. The van der Waals surface area contributed by atoms with Crippen LogP contribution in [0.25, 0.3) is 0 Å². The van der Waals surface area contributed by atoms with Crippen LogP contribution < -0.4 is 32.3 Å². The van der Waals surface area contributed by atoms with E-state index in [0.717, 1.165) is 4.90 Å². The number of urea groups is 1. The number of primary amides is 1. The Hall–Kier alpha value is -5.60. The van der Waals surface area contributed by atoms with E-state index in [1.165, 1.54) is 31.1 Å². The molecule has 0 radical (unpaired) electrons. The van der Waals surface area contributed by atoms with E-state index in [1.807, 2.05) is 13.8 Å². The second-order valence-corrected chi connectivity index (χ2v) is 14.2. The van der Waals surface area contributed by atoms with Gasteiger partial charge in [0.1, 0.15) is 24.7 Å². The van der Waals surface area contributed by atoms with Crippen molar-refractivity contribution in [3.63, 3.8) is 0 Å². The third-order valence-electron chi connectivity index (χ3n) is 8.88. The van der Waals surface area contributed by atoms with Gasteiger partial charge in [0, 0.05) is 44.9 Å². The Bertz CT molecular complexity index is 1590. The Morgan fingerprint density at radius 1 is 0.780 bits per heavy atom. The number of nitrogens with one attached hydrogen (secondary N) is 5. The number of anilines is 1. The number of ether oxygens (including phenoxy) is 4. The fourth-order valence-electron chi connectivity index (χ4n) is 5.69. The van der Waals surface area contributed by atoms with E-state index in [4.69, 9.17) is 24.7 Å². The molecule has 0 unspecified atom stereocenters. The zero-order valence-corrected chi connectivity index (χ0v) is 34.7. The first-order valence-electron chi connectivity index (χ1n) is 19.5. The summed E-state index contributed by atoms with van der Waals surface area (Å²) >= 11 is 0. The van der Waals surface area contributed by atoms with Crippen LogP contribution in [0.4, 0.5) is 15.3 Å². The summed E-state index contributed by atoms with van der Waals surface area (Å²) in [6.45, 7) is 8.58. The van der Waals surface area contributed by atoms with Gasteiger partial charge in [0.05, 0.1) is 46.2 Å². The Morgan fingerprint density at radius 3 is 1.93 bits per heavy atom. The Labute approximate surface area is 344 Å². The summed E-state index contributed by atoms with van der Waals surface area (Å²) in [7, 11) is 2.98. The molecule has 20 nitrogen and oxygen atoms in total. The maximum Gasteiger partial charge on any atom is 0.410 e. The third kappa shape index (κ3) is 18.3. The van der Waals surface area contributed by atoms with Crippen LogP contribution in [0.3, 0.4) is 0 Å². The summed E-state index contributed by atoms with van der Waals surface area (Å²) in [5.41, 5.74) is 6.18. The molecule has 0 spiro atoms. The molecule has 0 aliphatic carbocycles. The van der Waals surface area contributed by atoms with Crippen LogP contribution in [0.5, 0.6) is 0 Å². The average molecular weight is 833 g/mol. The maximum absolute atomic E-state index is 13.5. The second kappa shape index (κ2) is 26.4. The Kier molecular flexibility index (Phi) is 22.2. The molecule has 3 atom stereocenters. The van der Waals surface area contributed by atoms with Crippen molar-refractivity contribution in [1.82, 2.24) is 31.1 Å². The lowest BCUT2D eigenvalue weighted by atomic mass is 10.0. The molecule has 0 saturated carbocycles. The molecule has 1 aliphatic rings. The highest BCUT2D eigenvalue weighted by Crippen LogP contribution is 2.15. The van der Waals surface area contributed by atoms with Gasteiger partial charge in [-0.1, -0.05) is 39.8 Å². The number of imide groups is 1. The zero-order chi connectivity index (χ0) is 43.9. The highest BCUT2D eigenvalue weighted by molar-refractivity contribution is 6.12. The normalized spacial score (nSPS) is 13.8. The molecule has 328 valence electrons. The molecule has 9 amide bonds. The number of carbonyl (C=O) groups excluding carboxylic acids is 8. The van der Waals surface area contributed by atoms with Crippen LogP contribution in [-0.4, -0.2) is 142 Å². The number of nitrogens with zero attached hydrogens (tertiary/aromatic N) is 2. The number of likely N-dealkylation sites (N-methyl/N-ethyl adjacent to an activating group) is 2. The molecule has 1 heterocycles. The van der Waals surface area contributed by atoms with E-state index < -0.39 is 48.0 Å². The van der Waals surface area contributed by atoms with E-state index in [0.29, 0.717) is 17.7 Å². The fourth-order valence-corrected chi connectivity index (χ4v) is 5.69. The predicted molar refractivity (Wildman–Crippen MR) is 214 cm³/mol. The van der Waals surface area contributed by atoms with Gasteiger partial charge in [-0.25, -0.2) is 9.59 Å². The lowest BCUT2D eigenvalue weighted by Gasteiger charge is -2.28. The van der Waals surface area contributed by atoms with E-state index in [1.54, 1.807) is 38.1 Å². The maximum atomic E-state index is 13.5. The van der Waals surface area contributed by atoms with Crippen LogP contribution in [0.1, 0.15) is 52.5 Å². The highest BCUT2D eigenvalue weighted by atomic mass is 16.6.